The van der Waals surface area contributed by atoms with Crippen LogP contribution in [0.2, 0.25) is 0 Å². The molecular formula is C60H73PS3. The van der Waals surface area contributed by atoms with Crippen LogP contribution in [0.15, 0.2) is 160 Å². The number of thiol groups is 1. The Morgan fingerprint density at radius 2 is 0.594 bits per heavy atom. The number of rotatable bonds is 6. The van der Waals surface area contributed by atoms with E-state index in [-0.39, 0.29) is 21.7 Å². The largest absolute Gasteiger partial charge is 0.143 e. The van der Waals surface area contributed by atoms with Crippen molar-refractivity contribution in [3.63, 3.8) is 0 Å². The van der Waals surface area contributed by atoms with Crippen molar-refractivity contribution < 1.29 is 0 Å². The number of benzene rings is 6. The summed E-state index contributed by atoms with van der Waals surface area (Å²) in [5.74, 6) is 0. The monoisotopic (exact) mass is 920 g/mol. The second kappa shape index (κ2) is 19.2. The highest BCUT2D eigenvalue weighted by Crippen LogP contribution is 2.51. The first-order chi connectivity index (χ1) is 30.1. The summed E-state index contributed by atoms with van der Waals surface area (Å²) in [6.45, 7) is 28.6. The van der Waals surface area contributed by atoms with Crippen LogP contribution < -0.4 is 15.9 Å². The topological polar surface area (TPSA) is 0 Å². The maximum absolute atomic E-state index is 4.45. The molecule has 0 spiro atoms. The zero-order valence-corrected chi connectivity index (χ0v) is 44.2. The first-order valence-corrected chi connectivity index (χ1v) is 27.5. The Hall–Kier alpha value is -3.20. The zero-order chi connectivity index (χ0) is 46.1. The summed E-state index contributed by atoms with van der Waals surface area (Å²) in [4.78, 5) is 3.84. The minimum absolute atomic E-state index is 0.271. The minimum Gasteiger partial charge on any atom is -0.143 e. The highest BCUT2D eigenvalue weighted by atomic mass is 33.1. The lowest BCUT2D eigenvalue weighted by molar-refractivity contribution is 0.331. The van der Waals surface area contributed by atoms with Crippen LogP contribution in [0.25, 0.3) is 0 Å². The fraction of sp³-hybridized carbons (Fsp3) is 0.400. The van der Waals surface area contributed by atoms with Crippen molar-refractivity contribution in [2.24, 2.45) is 0 Å². The summed E-state index contributed by atoms with van der Waals surface area (Å²) in [6, 6.07) is 53.4. The SMILES string of the molecule is CC1(C)CCC(C)(C)c2cc(S)ccc21.CC1(C)CCC(C)(C)c2cc(SSc3ccc4c(c3)C(C)(C)CCC4(C)C)ccc21.c1ccc(P(c2ccccc2)c2ccccc2)cc1. The first-order valence-electron chi connectivity index (χ1n) is 23.5. The van der Waals surface area contributed by atoms with Crippen molar-refractivity contribution in [3.8, 4) is 0 Å². The predicted molar refractivity (Wildman–Crippen MR) is 289 cm³/mol. The predicted octanol–water partition coefficient (Wildman–Crippen LogP) is 17.0. The van der Waals surface area contributed by atoms with Crippen molar-refractivity contribution in [1.82, 2.24) is 0 Å². The van der Waals surface area contributed by atoms with E-state index in [2.05, 4.69) is 241 Å². The van der Waals surface area contributed by atoms with Crippen molar-refractivity contribution in [2.75, 3.05) is 0 Å². The summed E-state index contributed by atoms with van der Waals surface area (Å²) in [5.41, 5.74) is 11.0. The van der Waals surface area contributed by atoms with E-state index in [4.69, 9.17) is 0 Å². The highest BCUT2D eigenvalue weighted by Gasteiger charge is 2.39. The van der Waals surface area contributed by atoms with E-state index < -0.39 is 7.92 Å². The highest BCUT2D eigenvalue weighted by molar-refractivity contribution is 8.76. The molecule has 336 valence electrons. The Morgan fingerprint density at radius 3 is 0.906 bits per heavy atom. The second-order valence-electron chi connectivity index (χ2n) is 22.5. The van der Waals surface area contributed by atoms with Gasteiger partial charge < -0.3 is 0 Å². The normalized spacial score (nSPS) is 19.0. The van der Waals surface area contributed by atoms with Crippen LogP contribution in [0.4, 0.5) is 0 Å². The van der Waals surface area contributed by atoms with Crippen LogP contribution in [0, 0.1) is 0 Å². The first kappa shape index (κ1) is 48.7. The van der Waals surface area contributed by atoms with Crippen molar-refractivity contribution in [1.29, 1.82) is 0 Å². The van der Waals surface area contributed by atoms with E-state index in [1.54, 1.807) is 22.3 Å². The molecule has 0 saturated carbocycles. The van der Waals surface area contributed by atoms with Crippen molar-refractivity contribution in [3.05, 3.63) is 179 Å². The van der Waals surface area contributed by atoms with Crippen LogP contribution >= 0.6 is 42.1 Å². The molecule has 4 heteroatoms. The van der Waals surface area contributed by atoms with E-state index >= 15 is 0 Å². The molecule has 0 aliphatic heterocycles. The molecule has 0 bridgehead atoms. The van der Waals surface area contributed by atoms with E-state index in [1.807, 2.05) is 21.6 Å². The Balaban J connectivity index is 0.000000154. The van der Waals surface area contributed by atoms with Crippen LogP contribution in [-0.4, -0.2) is 0 Å². The molecule has 0 nitrogen and oxygen atoms in total. The molecule has 0 radical (unpaired) electrons. The van der Waals surface area contributed by atoms with Crippen LogP contribution in [0.3, 0.4) is 0 Å². The van der Waals surface area contributed by atoms with Gasteiger partial charge in [-0.2, -0.15) is 0 Å². The fourth-order valence-electron chi connectivity index (χ4n) is 10.1. The quantitative estimate of drug-likeness (QED) is 0.100. The van der Waals surface area contributed by atoms with E-state index in [0.29, 0.717) is 10.8 Å². The van der Waals surface area contributed by atoms with E-state index in [1.165, 1.54) is 75.4 Å². The molecule has 6 aromatic rings. The molecule has 0 heterocycles. The Morgan fingerprint density at radius 1 is 0.328 bits per heavy atom. The molecule has 0 unspecified atom stereocenters. The summed E-state index contributed by atoms with van der Waals surface area (Å²) < 4.78 is 0. The molecule has 0 atom stereocenters. The molecule has 3 aliphatic carbocycles. The third-order valence-corrected chi connectivity index (χ3v) is 19.9. The lowest BCUT2D eigenvalue weighted by atomic mass is 9.63. The smallest absolute Gasteiger partial charge is 0.0189 e. The van der Waals surface area contributed by atoms with E-state index in [0.717, 1.165) is 4.90 Å². The second-order valence-corrected chi connectivity index (χ2v) is 27.5. The standard InChI is InChI=1S/C28H38S2.C18H15P.C14H20S/c1-25(2)13-15-27(5,6)23-17-19(9-11-21(23)25)29-30-20-10-12-22-24(18-20)28(7,8)16-14-26(22,3)4;1-4-10-16(11-5-1)19(17-12-6-2-7-13-17)18-14-8-3-9-15-18;1-13(2)7-8-14(3,4)12-9-10(15)5-6-11(12)13/h9-12,17-18H,13-16H2,1-8H3;1-15H;5-6,9,15H,7-8H2,1-4H3. The van der Waals surface area contributed by atoms with E-state index in [9.17, 15) is 0 Å². The third-order valence-electron chi connectivity index (χ3n) is 14.8. The Bertz CT molecular complexity index is 2340. The van der Waals surface area contributed by atoms with Gasteiger partial charge in [-0.1, -0.05) is 214 Å². The van der Waals surface area contributed by atoms with Crippen LogP contribution in [0.1, 0.15) is 155 Å². The molecule has 0 aromatic heterocycles. The van der Waals surface area contributed by atoms with Gasteiger partial charge in [0.2, 0.25) is 0 Å². The average Bonchev–Trinajstić information content (AvgIpc) is 3.27. The molecular weight excluding hydrogens is 848 g/mol. The van der Waals surface area contributed by atoms with Gasteiger partial charge in [-0.3, -0.25) is 0 Å². The zero-order valence-electron chi connectivity index (χ0n) is 40.8. The molecule has 0 N–H and O–H groups in total. The van der Waals surface area contributed by atoms with Crippen LogP contribution in [0.5, 0.6) is 0 Å². The Labute approximate surface area is 403 Å². The molecule has 6 aromatic carbocycles. The van der Waals surface area contributed by atoms with Crippen LogP contribution in [-0.2, 0) is 32.5 Å². The summed E-state index contributed by atoms with van der Waals surface area (Å²) in [6.07, 6.45) is 7.63. The van der Waals surface area contributed by atoms with Gasteiger partial charge in [0.1, 0.15) is 0 Å². The number of hydrogen-bond donors (Lipinski definition) is 1. The van der Waals surface area contributed by atoms with Gasteiger partial charge in [-0.05, 0) is 165 Å². The van der Waals surface area contributed by atoms with Gasteiger partial charge in [0.15, 0.2) is 0 Å². The van der Waals surface area contributed by atoms with Gasteiger partial charge in [-0.25, -0.2) is 0 Å². The van der Waals surface area contributed by atoms with Gasteiger partial charge in [0, 0.05) is 14.7 Å². The lowest BCUT2D eigenvalue weighted by Crippen LogP contribution is -2.33. The molecule has 9 rings (SSSR count). The van der Waals surface area contributed by atoms with Gasteiger partial charge in [0.05, 0.1) is 0 Å². The fourth-order valence-corrected chi connectivity index (χ4v) is 14.6. The summed E-state index contributed by atoms with van der Waals surface area (Å²) in [5, 5.41) is 4.19. The summed E-state index contributed by atoms with van der Waals surface area (Å²) in [7, 11) is 3.38. The number of fused-ring (bicyclic) bond motifs is 3. The van der Waals surface area contributed by atoms with Gasteiger partial charge >= 0.3 is 0 Å². The third kappa shape index (κ3) is 11.0. The van der Waals surface area contributed by atoms with Gasteiger partial charge in [-0.15, -0.1) is 12.6 Å². The average molecular weight is 921 g/mol. The van der Waals surface area contributed by atoms with Crippen molar-refractivity contribution >= 4 is 58.1 Å². The minimum atomic E-state index is -0.446. The maximum atomic E-state index is 4.45. The Kier molecular flexibility index (Phi) is 14.6. The maximum Gasteiger partial charge on any atom is 0.0189 e. The molecule has 3 aliphatic rings. The molecule has 64 heavy (non-hydrogen) atoms. The van der Waals surface area contributed by atoms with Crippen molar-refractivity contribution in [2.45, 2.75) is 169 Å². The summed E-state index contributed by atoms with van der Waals surface area (Å²) >= 11 is 4.45. The lowest BCUT2D eigenvalue weighted by Gasteiger charge is -2.42. The molecule has 0 amide bonds. The number of hydrogen-bond acceptors (Lipinski definition) is 3. The molecule has 0 fully saturated rings. The van der Waals surface area contributed by atoms with Gasteiger partial charge in [0.25, 0.3) is 0 Å². The molecule has 0 saturated heterocycles.